The highest BCUT2D eigenvalue weighted by Crippen LogP contribution is 2.27. The number of carbonyl (C=O) groups is 3. The van der Waals surface area contributed by atoms with E-state index in [4.69, 9.17) is 9.47 Å². The molecule has 2 aliphatic carbocycles. The molecular weight excluding hydrogens is 446 g/mol. The van der Waals surface area contributed by atoms with Gasteiger partial charge >= 0.3 is 0 Å². The molecule has 8 nitrogen and oxygen atoms in total. The summed E-state index contributed by atoms with van der Waals surface area (Å²) in [6.45, 7) is 0.339. The van der Waals surface area contributed by atoms with Gasteiger partial charge in [-0.1, -0.05) is 19.3 Å². The molecule has 0 spiro atoms. The van der Waals surface area contributed by atoms with Crippen LogP contribution in [0.5, 0.6) is 5.75 Å². The smallest absolute Gasteiger partial charge is 0.295 e. The van der Waals surface area contributed by atoms with Crippen LogP contribution in [0, 0.1) is 5.92 Å². The molecule has 4 rings (SSSR count). The van der Waals surface area contributed by atoms with Gasteiger partial charge in [0, 0.05) is 42.9 Å². The van der Waals surface area contributed by atoms with E-state index in [9.17, 15) is 14.4 Å². The summed E-state index contributed by atoms with van der Waals surface area (Å²) < 4.78 is 10.7. The summed E-state index contributed by atoms with van der Waals surface area (Å²) in [7, 11) is 3.30. The minimum absolute atomic E-state index is 0.0832. The van der Waals surface area contributed by atoms with Crippen LogP contribution in [0.3, 0.4) is 0 Å². The highest BCUT2D eigenvalue weighted by atomic mass is 16.5. The summed E-state index contributed by atoms with van der Waals surface area (Å²) in [5.74, 6) is -0.430. The van der Waals surface area contributed by atoms with E-state index in [1.165, 1.54) is 11.3 Å². The van der Waals surface area contributed by atoms with E-state index in [0.29, 0.717) is 29.2 Å². The zero-order valence-electron chi connectivity index (χ0n) is 20.8. The highest BCUT2D eigenvalue weighted by Gasteiger charge is 2.30. The van der Waals surface area contributed by atoms with Gasteiger partial charge in [0.1, 0.15) is 5.75 Å². The Morgan fingerprint density at radius 1 is 1.03 bits per heavy atom. The Kier molecular flexibility index (Phi) is 8.44. The number of Topliss-reactive ketones (excluding diaryl/α,β-unsaturated/α-hetero) is 1. The van der Waals surface area contributed by atoms with Crippen LogP contribution in [0.15, 0.2) is 24.4 Å². The summed E-state index contributed by atoms with van der Waals surface area (Å²) in [5, 5.41) is 3.75. The molecule has 2 saturated carbocycles. The topological polar surface area (TPSA) is 101 Å². The lowest BCUT2D eigenvalue weighted by atomic mass is 9.88. The molecule has 1 heterocycles. The lowest BCUT2D eigenvalue weighted by molar-refractivity contribution is -0.133. The Labute approximate surface area is 206 Å². The Balaban J connectivity index is 1.46. The summed E-state index contributed by atoms with van der Waals surface area (Å²) in [6.07, 6.45) is 10.9. The molecule has 2 N–H and O–H groups in total. The van der Waals surface area contributed by atoms with Crippen molar-refractivity contribution < 1.29 is 23.9 Å². The van der Waals surface area contributed by atoms with Gasteiger partial charge in [-0.15, -0.1) is 0 Å². The van der Waals surface area contributed by atoms with Crippen molar-refractivity contribution in [2.75, 3.05) is 27.3 Å². The summed E-state index contributed by atoms with van der Waals surface area (Å²) >= 11 is 0. The second-order valence-corrected chi connectivity index (χ2v) is 9.91. The number of benzene rings is 1. The van der Waals surface area contributed by atoms with Crippen LogP contribution in [-0.4, -0.2) is 66.9 Å². The zero-order chi connectivity index (χ0) is 24.8. The maximum atomic E-state index is 13.4. The van der Waals surface area contributed by atoms with Crippen molar-refractivity contribution in [1.82, 2.24) is 15.2 Å². The maximum Gasteiger partial charge on any atom is 0.295 e. The van der Waals surface area contributed by atoms with Crippen LogP contribution in [0.2, 0.25) is 0 Å². The normalized spacial score (nSPS) is 21.0. The standard InChI is InChI=1S/C27H37N3O5/c1-34-20-10-8-19(9-11-20)29-25(31)17-30(16-18-6-4-3-5-7-18)27(33)26(32)23-15-28-24-14-21(35-2)12-13-22(23)24/h12-15,18-20,28H,3-11,16-17H2,1-2H3,(H,29,31). The minimum Gasteiger partial charge on any atom is -0.497 e. The fourth-order valence-electron chi connectivity index (χ4n) is 5.47. The van der Waals surface area contributed by atoms with Gasteiger partial charge in [-0.2, -0.15) is 0 Å². The molecule has 0 radical (unpaired) electrons. The first-order chi connectivity index (χ1) is 17.0. The van der Waals surface area contributed by atoms with Gasteiger partial charge in [0.25, 0.3) is 11.7 Å². The van der Waals surface area contributed by atoms with Crippen molar-refractivity contribution in [2.45, 2.75) is 69.9 Å². The van der Waals surface area contributed by atoms with E-state index >= 15 is 0 Å². The van der Waals surface area contributed by atoms with Crippen LogP contribution in [-0.2, 0) is 14.3 Å². The third kappa shape index (κ3) is 6.23. The first-order valence-corrected chi connectivity index (χ1v) is 12.8. The van der Waals surface area contributed by atoms with Gasteiger partial charge in [0.2, 0.25) is 5.91 Å². The zero-order valence-corrected chi connectivity index (χ0v) is 20.8. The molecule has 0 atom stereocenters. The molecule has 0 bridgehead atoms. The fourth-order valence-corrected chi connectivity index (χ4v) is 5.47. The molecule has 2 aromatic rings. The van der Waals surface area contributed by atoms with Crippen LogP contribution < -0.4 is 10.1 Å². The van der Waals surface area contributed by atoms with Crippen LogP contribution in [0.25, 0.3) is 10.9 Å². The number of nitrogens with zero attached hydrogens (tertiary/aromatic N) is 1. The molecule has 8 heteroatoms. The molecule has 0 unspecified atom stereocenters. The Hall–Kier alpha value is -2.87. The SMILES string of the molecule is COc1ccc2c(C(=O)C(=O)N(CC(=O)NC3CCC(OC)CC3)CC3CCCCC3)c[nH]c2c1. The average Bonchev–Trinajstić information content (AvgIpc) is 3.31. The molecular formula is C27H37N3O5. The molecule has 35 heavy (non-hydrogen) atoms. The largest absolute Gasteiger partial charge is 0.497 e. The van der Waals surface area contributed by atoms with Gasteiger partial charge in [-0.3, -0.25) is 14.4 Å². The highest BCUT2D eigenvalue weighted by molar-refractivity contribution is 6.45. The van der Waals surface area contributed by atoms with E-state index < -0.39 is 11.7 Å². The van der Waals surface area contributed by atoms with E-state index in [1.807, 2.05) is 0 Å². The van der Waals surface area contributed by atoms with Crippen molar-refractivity contribution in [3.05, 3.63) is 30.0 Å². The number of fused-ring (bicyclic) bond motifs is 1. The first kappa shape index (κ1) is 25.2. The molecule has 2 fully saturated rings. The first-order valence-electron chi connectivity index (χ1n) is 12.8. The number of methoxy groups -OCH3 is 2. The third-order valence-electron chi connectivity index (χ3n) is 7.53. The van der Waals surface area contributed by atoms with Crippen molar-refractivity contribution in [2.24, 2.45) is 5.92 Å². The number of amides is 2. The number of rotatable bonds is 9. The number of hydrogen-bond donors (Lipinski definition) is 2. The second kappa shape index (κ2) is 11.7. The summed E-state index contributed by atoms with van der Waals surface area (Å²) in [4.78, 5) is 44.2. The number of hydrogen-bond acceptors (Lipinski definition) is 5. The molecule has 2 amide bonds. The number of nitrogens with one attached hydrogen (secondary N) is 2. The van der Waals surface area contributed by atoms with Crippen molar-refractivity contribution in [1.29, 1.82) is 0 Å². The predicted molar refractivity (Wildman–Crippen MR) is 134 cm³/mol. The quantitative estimate of drug-likeness (QED) is 0.417. The number of ketones is 1. The van der Waals surface area contributed by atoms with E-state index in [1.54, 1.807) is 38.6 Å². The van der Waals surface area contributed by atoms with E-state index in [2.05, 4.69) is 10.3 Å². The van der Waals surface area contributed by atoms with E-state index in [0.717, 1.165) is 56.9 Å². The van der Waals surface area contributed by atoms with E-state index in [-0.39, 0.29) is 24.6 Å². The molecule has 1 aromatic carbocycles. The van der Waals surface area contributed by atoms with Crippen molar-refractivity contribution >= 4 is 28.5 Å². The number of aromatic nitrogens is 1. The number of carbonyl (C=O) groups excluding carboxylic acids is 3. The lowest BCUT2D eigenvalue weighted by Crippen LogP contribution is -2.48. The van der Waals surface area contributed by atoms with Gasteiger partial charge in [0.05, 0.1) is 25.3 Å². The third-order valence-corrected chi connectivity index (χ3v) is 7.53. The molecule has 1 aromatic heterocycles. The van der Waals surface area contributed by atoms with Gasteiger partial charge in [-0.05, 0) is 56.6 Å². The second-order valence-electron chi connectivity index (χ2n) is 9.91. The van der Waals surface area contributed by atoms with Gasteiger partial charge < -0.3 is 24.7 Å². The molecule has 2 aliphatic rings. The Morgan fingerprint density at radius 2 is 1.77 bits per heavy atom. The predicted octanol–water partition coefficient (Wildman–Crippen LogP) is 3.84. The van der Waals surface area contributed by atoms with Crippen LogP contribution in [0.1, 0.15) is 68.1 Å². The molecule has 0 saturated heterocycles. The summed E-state index contributed by atoms with van der Waals surface area (Å²) in [6, 6.07) is 5.42. The molecule has 0 aliphatic heterocycles. The molecule has 190 valence electrons. The Morgan fingerprint density at radius 3 is 2.46 bits per heavy atom. The lowest BCUT2D eigenvalue weighted by Gasteiger charge is -2.31. The Bertz CT molecular complexity index is 1030. The van der Waals surface area contributed by atoms with Crippen LogP contribution in [0.4, 0.5) is 0 Å². The van der Waals surface area contributed by atoms with Gasteiger partial charge in [-0.25, -0.2) is 0 Å². The van der Waals surface area contributed by atoms with Crippen LogP contribution >= 0.6 is 0 Å². The summed E-state index contributed by atoms with van der Waals surface area (Å²) in [5.41, 5.74) is 1.04. The number of aromatic amines is 1. The van der Waals surface area contributed by atoms with Gasteiger partial charge in [0.15, 0.2) is 0 Å². The van der Waals surface area contributed by atoms with Crippen molar-refractivity contribution in [3.63, 3.8) is 0 Å². The monoisotopic (exact) mass is 483 g/mol. The minimum atomic E-state index is -0.620. The maximum absolute atomic E-state index is 13.4. The average molecular weight is 484 g/mol. The number of H-pyrrole nitrogens is 1. The van der Waals surface area contributed by atoms with Crippen molar-refractivity contribution in [3.8, 4) is 5.75 Å². The number of ether oxygens (including phenoxy) is 2. The fraction of sp³-hybridized carbons (Fsp3) is 0.593.